The number of hydrogen-bond acceptors (Lipinski definition) is 2. The summed E-state index contributed by atoms with van der Waals surface area (Å²) in [5.74, 6) is -0.226. The smallest absolute Gasteiger partial charge is 0.123 e. The molecule has 2 atom stereocenters. The largest absolute Gasteiger partial charge is 0.372 e. The van der Waals surface area contributed by atoms with E-state index in [2.05, 4.69) is 0 Å². The zero-order valence-corrected chi connectivity index (χ0v) is 8.16. The van der Waals surface area contributed by atoms with Crippen molar-refractivity contribution in [3.63, 3.8) is 0 Å². The standard InChI is InChI=1S/C11H14FNO/c1-2-10-11(13)9-5-8(12)4-3-7(9)6-14-10/h3-5,10-11H,2,6,13H2,1H3/t10-,11+/m0/s1. The van der Waals surface area contributed by atoms with Gasteiger partial charge in [0, 0.05) is 0 Å². The lowest BCUT2D eigenvalue weighted by atomic mass is 9.93. The molecule has 0 spiro atoms. The van der Waals surface area contributed by atoms with E-state index in [-0.39, 0.29) is 18.0 Å². The highest BCUT2D eigenvalue weighted by Gasteiger charge is 2.26. The third kappa shape index (κ3) is 1.53. The lowest BCUT2D eigenvalue weighted by molar-refractivity contribution is 0.00666. The molecule has 1 heterocycles. The summed E-state index contributed by atoms with van der Waals surface area (Å²) < 4.78 is 18.6. The van der Waals surface area contributed by atoms with Gasteiger partial charge in [0.1, 0.15) is 5.82 Å². The summed E-state index contributed by atoms with van der Waals surface area (Å²) in [7, 11) is 0. The molecule has 0 bridgehead atoms. The molecule has 0 amide bonds. The Kier molecular flexibility index (Phi) is 2.52. The zero-order chi connectivity index (χ0) is 10.1. The van der Waals surface area contributed by atoms with E-state index in [9.17, 15) is 4.39 Å². The highest BCUT2D eigenvalue weighted by molar-refractivity contribution is 5.32. The van der Waals surface area contributed by atoms with Crippen molar-refractivity contribution in [2.45, 2.75) is 32.1 Å². The first-order chi connectivity index (χ1) is 6.72. The zero-order valence-electron chi connectivity index (χ0n) is 8.16. The van der Waals surface area contributed by atoms with Gasteiger partial charge in [-0.25, -0.2) is 4.39 Å². The van der Waals surface area contributed by atoms with Crippen LogP contribution in [0.2, 0.25) is 0 Å². The van der Waals surface area contributed by atoms with Crippen LogP contribution in [-0.4, -0.2) is 6.10 Å². The number of ether oxygens (including phenoxy) is 1. The highest BCUT2D eigenvalue weighted by atomic mass is 19.1. The van der Waals surface area contributed by atoms with Gasteiger partial charge in [-0.3, -0.25) is 0 Å². The summed E-state index contributed by atoms with van der Waals surface area (Å²) in [5.41, 5.74) is 7.87. The Bertz CT molecular complexity index is 340. The Morgan fingerprint density at radius 2 is 2.36 bits per heavy atom. The molecule has 1 aromatic rings. The Balaban J connectivity index is 2.38. The number of nitrogens with two attached hydrogens (primary N) is 1. The first kappa shape index (κ1) is 9.62. The van der Waals surface area contributed by atoms with Gasteiger partial charge in [0.15, 0.2) is 0 Å². The van der Waals surface area contributed by atoms with Crippen LogP contribution in [-0.2, 0) is 11.3 Å². The van der Waals surface area contributed by atoms with Crippen molar-refractivity contribution >= 4 is 0 Å². The van der Waals surface area contributed by atoms with E-state index in [1.54, 1.807) is 6.07 Å². The molecule has 1 aliphatic rings. The molecule has 0 unspecified atom stereocenters. The van der Waals surface area contributed by atoms with Gasteiger partial charge < -0.3 is 10.5 Å². The van der Waals surface area contributed by atoms with Crippen LogP contribution in [0.25, 0.3) is 0 Å². The number of rotatable bonds is 1. The van der Waals surface area contributed by atoms with Gasteiger partial charge in [0.25, 0.3) is 0 Å². The molecular weight excluding hydrogens is 181 g/mol. The summed E-state index contributed by atoms with van der Waals surface area (Å²) in [4.78, 5) is 0. The van der Waals surface area contributed by atoms with Gasteiger partial charge in [-0.05, 0) is 29.7 Å². The normalized spacial score (nSPS) is 25.9. The van der Waals surface area contributed by atoms with E-state index >= 15 is 0 Å². The Morgan fingerprint density at radius 3 is 3.07 bits per heavy atom. The maximum Gasteiger partial charge on any atom is 0.123 e. The molecule has 14 heavy (non-hydrogen) atoms. The summed E-state index contributed by atoms with van der Waals surface area (Å²) in [6.45, 7) is 2.57. The minimum absolute atomic E-state index is 0.0179. The number of halogens is 1. The van der Waals surface area contributed by atoms with E-state index in [1.807, 2.05) is 6.92 Å². The van der Waals surface area contributed by atoms with Gasteiger partial charge in [-0.15, -0.1) is 0 Å². The minimum Gasteiger partial charge on any atom is -0.372 e. The van der Waals surface area contributed by atoms with Crippen molar-refractivity contribution in [2.75, 3.05) is 0 Å². The molecule has 0 saturated heterocycles. The van der Waals surface area contributed by atoms with Crippen molar-refractivity contribution in [3.8, 4) is 0 Å². The molecule has 0 saturated carbocycles. The Morgan fingerprint density at radius 1 is 1.57 bits per heavy atom. The van der Waals surface area contributed by atoms with Gasteiger partial charge in [0.2, 0.25) is 0 Å². The molecule has 2 rings (SSSR count). The van der Waals surface area contributed by atoms with Gasteiger partial charge in [-0.1, -0.05) is 13.0 Å². The maximum absolute atomic E-state index is 13.0. The van der Waals surface area contributed by atoms with Crippen LogP contribution in [0.3, 0.4) is 0 Å². The first-order valence-electron chi connectivity index (χ1n) is 4.88. The molecule has 3 heteroatoms. The molecule has 0 radical (unpaired) electrons. The average molecular weight is 195 g/mol. The molecule has 1 aliphatic heterocycles. The van der Waals surface area contributed by atoms with E-state index in [1.165, 1.54) is 12.1 Å². The predicted octanol–water partition coefficient (Wildman–Crippen LogP) is 2.13. The fourth-order valence-electron chi connectivity index (χ4n) is 1.88. The van der Waals surface area contributed by atoms with E-state index in [4.69, 9.17) is 10.5 Å². The monoisotopic (exact) mass is 195 g/mol. The van der Waals surface area contributed by atoms with Crippen molar-refractivity contribution < 1.29 is 9.13 Å². The van der Waals surface area contributed by atoms with Crippen molar-refractivity contribution in [2.24, 2.45) is 5.73 Å². The number of fused-ring (bicyclic) bond motifs is 1. The lowest BCUT2D eigenvalue weighted by Gasteiger charge is -2.30. The van der Waals surface area contributed by atoms with Crippen LogP contribution in [0.15, 0.2) is 18.2 Å². The van der Waals surface area contributed by atoms with E-state index in [0.29, 0.717) is 6.61 Å². The van der Waals surface area contributed by atoms with E-state index in [0.717, 1.165) is 17.5 Å². The maximum atomic E-state index is 13.0. The second-order valence-electron chi connectivity index (χ2n) is 3.63. The first-order valence-corrected chi connectivity index (χ1v) is 4.88. The second kappa shape index (κ2) is 3.67. The second-order valence-corrected chi connectivity index (χ2v) is 3.63. The molecule has 2 nitrogen and oxygen atoms in total. The van der Waals surface area contributed by atoms with Crippen LogP contribution in [0.5, 0.6) is 0 Å². The van der Waals surface area contributed by atoms with Crippen LogP contribution < -0.4 is 5.73 Å². The van der Waals surface area contributed by atoms with Gasteiger partial charge in [-0.2, -0.15) is 0 Å². The lowest BCUT2D eigenvalue weighted by Crippen LogP contribution is -2.33. The fraction of sp³-hybridized carbons (Fsp3) is 0.455. The molecule has 2 N–H and O–H groups in total. The predicted molar refractivity (Wildman–Crippen MR) is 52.2 cm³/mol. The summed E-state index contributed by atoms with van der Waals surface area (Å²) >= 11 is 0. The van der Waals surface area contributed by atoms with Crippen LogP contribution in [0.1, 0.15) is 30.5 Å². The summed E-state index contributed by atoms with van der Waals surface area (Å²) in [6.07, 6.45) is 0.876. The number of benzene rings is 1. The molecule has 1 aromatic carbocycles. The van der Waals surface area contributed by atoms with Crippen LogP contribution in [0.4, 0.5) is 4.39 Å². The molecular formula is C11H14FNO. The average Bonchev–Trinajstić information content (AvgIpc) is 2.20. The van der Waals surface area contributed by atoms with Gasteiger partial charge >= 0.3 is 0 Å². The highest BCUT2D eigenvalue weighted by Crippen LogP contribution is 2.29. The third-order valence-corrected chi connectivity index (χ3v) is 2.72. The minimum atomic E-state index is -0.226. The SMILES string of the molecule is CC[C@@H]1OCc2ccc(F)cc2[C@H]1N. The van der Waals surface area contributed by atoms with E-state index < -0.39 is 0 Å². The topological polar surface area (TPSA) is 35.2 Å². The fourth-order valence-corrected chi connectivity index (χ4v) is 1.88. The summed E-state index contributed by atoms with van der Waals surface area (Å²) in [5, 5.41) is 0. The third-order valence-electron chi connectivity index (χ3n) is 2.72. The Hall–Kier alpha value is -0.930. The van der Waals surface area contributed by atoms with Crippen molar-refractivity contribution in [1.82, 2.24) is 0 Å². The summed E-state index contributed by atoms with van der Waals surface area (Å²) in [6, 6.07) is 4.52. The molecule has 76 valence electrons. The molecule has 0 fully saturated rings. The van der Waals surface area contributed by atoms with Crippen LogP contribution in [0, 0.1) is 5.82 Å². The molecule has 0 aromatic heterocycles. The van der Waals surface area contributed by atoms with Gasteiger partial charge in [0.05, 0.1) is 18.8 Å². The molecule has 0 aliphatic carbocycles. The van der Waals surface area contributed by atoms with Crippen molar-refractivity contribution in [3.05, 3.63) is 35.1 Å². The van der Waals surface area contributed by atoms with Crippen molar-refractivity contribution in [1.29, 1.82) is 0 Å². The quantitative estimate of drug-likeness (QED) is 0.745. The van der Waals surface area contributed by atoms with Crippen LogP contribution >= 0.6 is 0 Å². The number of hydrogen-bond donors (Lipinski definition) is 1. The Labute approximate surface area is 82.9 Å².